The Kier molecular flexibility index (Phi) is 4.70. The second-order valence-electron chi connectivity index (χ2n) is 4.81. The van der Waals surface area contributed by atoms with E-state index >= 15 is 0 Å². The number of hydrogen-bond donors (Lipinski definition) is 0. The first-order valence-electron chi connectivity index (χ1n) is 6.04. The number of benzene rings is 2. The van der Waals surface area contributed by atoms with E-state index in [1.807, 2.05) is 0 Å². The van der Waals surface area contributed by atoms with Gasteiger partial charge >= 0.3 is 122 Å². The van der Waals surface area contributed by atoms with Crippen molar-refractivity contribution in [3.05, 3.63) is 58.7 Å². The average Bonchev–Trinajstić information content (AvgIpc) is 2.23. The summed E-state index contributed by atoms with van der Waals surface area (Å²) in [5.41, 5.74) is 5.57. The van der Waals surface area contributed by atoms with Crippen LogP contribution < -0.4 is 8.92 Å². The van der Waals surface area contributed by atoms with Crippen molar-refractivity contribution in [3.8, 4) is 0 Å². The van der Waals surface area contributed by atoms with Crippen molar-refractivity contribution in [3.63, 3.8) is 0 Å². The molecule has 0 N–H and O–H groups in total. The quantitative estimate of drug-likeness (QED) is 0.729. The SMILES string of the molecule is Cc1cc(C)cc([Se][Se]c2cc(C)cc(C)c2)c1. The molecular weight excluding hydrogens is 350 g/mol. The summed E-state index contributed by atoms with van der Waals surface area (Å²) in [4.78, 5) is 0. The summed E-state index contributed by atoms with van der Waals surface area (Å²) in [5.74, 6) is 0. The summed E-state index contributed by atoms with van der Waals surface area (Å²) >= 11 is 1.20. The standard InChI is InChI=1S/C16H18Se2/c1-11-5-12(2)8-15(7-11)17-18-16-9-13(3)6-14(4)10-16/h5-10H,1-4H3. The second kappa shape index (κ2) is 6.08. The summed E-state index contributed by atoms with van der Waals surface area (Å²) in [6.07, 6.45) is 0. The topological polar surface area (TPSA) is 0 Å². The molecule has 0 spiro atoms. The third kappa shape index (κ3) is 4.00. The van der Waals surface area contributed by atoms with Crippen LogP contribution in [-0.4, -0.2) is 26.3 Å². The summed E-state index contributed by atoms with van der Waals surface area (Å²) in [7, 11) is 0. The fourth-order valence-corrected chi connectivity index (χ4v) is 8.62. The van der Waals surface area contributed by atoms with Gasteiger partial charge in [0.05, 0.1) is 0 Å². The third-order valence-electron chi connectivity index (χ3n) is 2.62. The van der Waals surface area contributed by atoms with E-state index in [0.29, 0.717) is 26.3 Å². The third-order valence-corrected chi connectivity index (χ3v) is 9.70. The van der Waals surface area contributed by atoms with E-state index in [4.69, 9.17) is 0 Å². The molecule has 2 aromatic carbocycles. The van der Waals surface area contributed by atoms with Crippen LogP contribution in [0.15, 0.2) is 36.4 Å². The van der Waals surface area contributed by atoms with Crippen molar-refractivity contribution >= 4 is 35.2 Å². The average molecular weight is 368 g/mol. The van der Waals surface area contributed by atoms with Crippen LogP contribution in [0.5, 0.6) is 0 Å². The van der Waals surface area contributed by atoms with Gasteiger partial charge in [-0.25, -0.2) is 0 Å². The second-order valence-corrected chi connectivity index (χ2v) is 11.1. The predicted octanol–water partition coefficient (Wildman–Crippen LogP) is 2.19. The van der Waals surface area contributed by atoms with Crippen LogP contribution in [0, 0.1) is 27.7 Å². The normalized spacial score (nSPS) is 10.7. The Balaban J connectivity index is 2.11. The van der Waals surface area contributed by atoms with Crippen molar-refractivity contribution < 1.29 is 0 Å². The molecular formula is C16H18Se2. The Hall–Kier alpha value is -0.521. The number of aryl methyl sites for hydroxylation is 4. The molecule has 2 heteroatoms. The molecule has 0 amide bonds. The molecule has 0 saturated heterocycles. The summed E-state index contributed by atoms with van der Waals surface area (Å²) in [6, 6.07) is 13.9. The van der Waals surface area contributed by atoms with Gasteiger partial charge in [0.1, 0.15) is 0 Å². The fraction of sp³-hybridized carbons (Fsp3) is 0.250. The monoisotopic (exact) mass is 370 g/mol. The molecule has 0 aromatic heterocycles. The molecule has 0 bridgehead atoms. The van der Waals surface area contributed by atoms with Gasteiger partial charge in [-0.1, -0.05) is 0 Å². The molecule has 0 aliphatic carbocycles. The molecule has 0 atom stereocenters. The van der Waals surface area contributed by atoms with Crippen molar-refractivity contribution in [1.82, 2.24) is 0 Å². The fourth-order valence-electron chi connectivity index (χ4n) is 2.06. The Morgan fingerprint density at radius 2 is 0.778 bits per heavy atom. The van der Waals surface area contributed by atoms with Crippen molar-refractivity contribution in [1.29, 1.82) is 0 Å². The van der Waals surface area contributed by atoms with Crippen molar-refractivity contribution in [2.24, 2.45) is 0 Å². The summed E-state index contributed by atoms with van der Waals surface area (Å²) in [6.45, 7) is 8.76. The molecule has 94 valence electrons. The Bertz CT molecular complexity index is 467. The minimum absolute atomic E-state index is 0.601. The first kappa shape index (κ1) is 13.9. The Morgan fingerprint density at radius 1 is 0.500 bits per heavy atom. The van der Waals surface area contributed by atoms with Gasteiger partial charge in [0.25, 0.3) is 0 Å². The van der Waals surface area contributed by atoms with Crippen LogP contribution in [-0.2, 0) is 0 Å². The van der Waals surface area contributed by atoms with Gasteiger partial charge in [-0.15, -0.1) is 0 Å². The zero-order valence-corrected chi connectivity index (χ0v) is 14.7. The first-order chi connectivity index (χ1) is 8.52. The molecule has 0 fully saturated rings. The van der Waals surface area contributed by atoms with Crippen LogP contribution in [0.2, 0.25) is 0 Å². The maximum absolute atomic E-state index is 2.34. The molecule has 2 aromatic rings. The molecule has 0 aliphatic rings. The van der Waals surface area contributed by atoms with Crippen LogP contribution in [0.25, 0.3) is 0 Å². The van der Waals surface area contributed by atoms with Crippen LogP contribution in [0.1, 0.15) is 22.3 Å². The Labute approximate surface area is 121 Å². The van der Waals surface area contributed by atoms with E-state index in [0.717, 1.165) is 0 Å². The molecule has 0 saturated carbocycles. The van der Waals surface area contributed by atoms with Gasteiger partial charge in [0.2, 0.25) is 0 Å². The van der Waals surface area contributed by atoms with Gasteiger partial charge in [0, 0.05) is 0 Å². The summed E-state index contributed by atoms with van der Waals surface area (Å²) in [5, 5.41) is 0. The minimum atomic E-state index is 0.601. The van der Waals surface area contributed by atoms with Crippen molar-refractivity contribution in [2.45, 2.75) is 27.7 Å². The zero-order valence-electron chi connectivity index (χ0n) is 11.3. The van der Waals surface area contributed by atoms with Gasteiger partial charge in [-0.05, 0) is 0 Å². The van der Waals surface area contributed by atoms with E-state index in [2.05, 4.69) is 64.1 Å². The molecule has 0 radical (unpaired) electrons. The van der Waals surface area contributed by atoms with Gasteiger partial charge in [-0.3, -0.25) is 0 Å². The summed E-state index contributed by atoms with van der Waals surface area (Å²) < 4.78 is 3.08. The predicted molar refractivity (Wildman–Crippen MR) is 82.6 cm³/mol. The molecule has 0 heterocycles. The van der Waals surface area contributed by atoms with Crippen molar-refractivity contribution in [2.75, 3.05) is 0 Å². The zero-order chi connectivity index (χ0) is 13.1. The van der Waals surface area contributed by atoms with Crippen LogP contribution >= 0.6 is 0 Å². The molecule has 0 unspecified atom stereocenters. The van der Waals surface area contributed by atoms with Gasteiger partial charge < -0.3 is 0 Å². The number of hydrogen-bond acceptors (Lipinski definition) is 0. The van der Waals surface area contributed by atoms with E-state index in [1.165, 1.54) is 22.3 Å². The van der Waals surface area contributed by atoms with Gasteiger partial charge in [-0.2, -0.15) is 0 Å². The molecule has 0 nitrogen and oxygen atoms in total. The van der Waals surface area contributed by atoms with Crippen LogP contribution in [0.4, 0.5) is 0 Å². The maximum atomic E-state index is 2.34. The van der Waals surface area contributed by atoms with Crippen LogP contribution in [0.3, 0.4) is 0 Å². The molecule has 2 rings (SSSR count). The van der Waals surface area contributed by atoms with E-state index in [-0.39, 0.29) is 0 Å². The van der Waals surface area contributed by atoms with E-state index in [1.54, 1.807) is 8.92 Å². The van der Waals surface area contributed by atoms with Gasteiger partial charge in [0.15, 0.2) is 0 Å². The number of rotatable bonds is 3. The first-order valence-corrected chi connectivity index (χ1v) is 12.1. The molecule has 18 heavy (non-hydrogen) atoms. The molecule has 0 aliphatic heterocycles. The van der Waals surface area contributed by atoms with E-state index in [9.17, 15) is 0 Å². The Morgan fingerprint density at radius 3 is 1.06 bits per heavy atom. The van der Waals surface area contributed by atoms with E-state index < -0.39 is 0 Å².